The lowest BCUT2D eigenvalue weighted by molar-refractivity contribution is -0.143. The molecular formula is C16H28N2O4. The number of carbonyl (C=O) groups is 2. The Balaban J connectivity index is 1.99. The second-order valence-corrected chi connectivity index (χ2v) is 7.39. The smallest absolute Gasteiger partial charge is 0.410 e. The fourth-order valence-electron chi connectivity index (χ4n) is 3.17. The number of hydrogen-bond donors (Lipinski definition) is 0. The van der Waals surface area contributed by atoms with Gasteiger partial charge in [0.2, 0.25) is 5.91 Å². The molecule has 2 aliphatic rings. The maximum Gasteiger partial charge on any atom is 0.410 e. The highest BCUT2D eigenvalue weighted by Crippen LogP contribution is 2.23. The van der Waals surface area contributed by atoms with Crippen LogP contribution in [0, 0.1) is 5.92 Å². The minimum absolute atomic E-state index is 0.00984. The van der Waals surface area contributed by atoms with E-state index in [9.17, 15) is 9.59 Å². The van der Waals surface area contributed by atoms with Crippen LogP contribution in [0.1, 0.15) is 41.0 Å². The number of ether oxygens (including phenoxy) is 2. The van der Waals surface area contributed by atoms with E-state index >= 15 is 0 Å². The number of hydrogen-bond acceptors (Lipinski definition) is 4. The Morgan fingerprint density at radius 2 is 1.73 bits per heavy atom. The van der Waals surface area contributed by atoms with E-state index < -0.39 is 5.60 Å². The third-order valence-corrected chi connectivity index (χ3v) is 4.10. The van der Waals surface area contributed by atoms with Crippen molar-refractivity contribution in [2.45, 2.75) is 58.7 Å². The molecule has 0 radical (unpaired) electrons. The minimum atomic E-state index is -0.502. The zero-order valence-electron chi connectivity index (χ0n) is 14.3. The molecule has 3 unspecified atom stereocenters. The molecule has 126 valence electrons. The van der Waals surface area contributed by atoms with Crippen LogP contribution >= 0.6 is 0 Å². The van der Waals surface area contributed by atoms with Gasteiger partial charge in [0.1, 0.15) is 5.60 Å². The van der Waals surface area contributed by atoms with Crippen molar-refractivity contribution in [3.8, 4) is 0 Å². The maximum absolute atomic E-state index is 12.6. The van der Waals surface area contributed by atoms with Crippen molar-refractivity contribution in [2.24, 2.45) is 5.92 Å². The van der Waals surface area contributed by atoms with Crippen LogP contribution in [0.25, 0.3) is 0 Å². The molecule has 0 saturated carbocycles. The monoisotopic (exact) mass is 312 g/mol. The number of rotatable bonds is 1. The van der Waals surface area contributed by atoms with Crippen LogP contribution in [0.15, 0.2) is 0 Å². The molecule has 6 heteroatoms. The molecule has 2 aliphatic heterocycles. The lowest BCUT2D eigenvalue weighted by Gasteiger charge is -2.45. The summed E-state index contributed by atoms with van der Waals surface area (Å²) in [7, 11) is 0. The Hall–Kier alpha value is -1.30. The van der Waals surface area contributed by atoms with Crippen LogP contribution in [0.5, 0.6) is 0 Å². The molecule has 3 atom stereocenters. The molecule has 22 heavy (non-hydrogen) atoms. The lowest BCUT2D eigenvalue weighted by Crippen LogP contribution is -2.61. The lowest BCUT2D eigenvalue weighted by atomic mass is 10.0. The number of amides is 2. The number of piperazine rings is 1. The first kappa shape index (κ1) is 17.1. The van der Waals surface area contributed by atoms with E-state index in [0.717, 1.165) is 6.42 Å². The molecular weight excluding hydrogens is 284 g/mol. The van der Waals surface area contributed by atoms with Crippen LogP contribution in [0.4, 0.5) is 4.79 Å². The zero-order valence-corrected chi connectivity index (χ0v) is 14.3. The molecule has 0 N–H and O–H groups in total. The van der Waals surface area contributed by atoms with Gasteiger partial charge in [-0.25, -0.2) is 4.79 Å². The first-order chi connectivity index (χ1) is 10.2. The highest BCUT2D eigenvalue weighted by molar-refractivity contribution is 5.80. The van der Waals surface area contributed by atoms with Gasteiger partial charge in [0.05, 0.1) is 12.5 Å². The molecule has 2 saturated heterocycles. The molecule has 2 heterocycles. The number of carbonyl (C=O) groups excluding carboxylic acids is 2. The Morgan fingerprint density at radius 3 is 2.18 bits per heavy atom. The Kier molecular flexibility index (Phi) is 5.00. The summed E-state index contributed by atoms with van der Waals surface area (Å²) in [5, 5.41) is 0. The van der Waals surface area contributed by atoms with E-state index in [1.807, 2.05) is 39.5 Å². The third-order valence-electron chi connectivity index (χ3n) is 4.10. The Bertz CT molecular complexity index is 414. The third kappa shape index (κ3) is 3.91. The predicted molar refractivity (Wildman–Crippen MR) is 82.5 cm³/mol. The molecule has 2 fully saturated rings. The Labute approximate surface area is 132 Å². The van der Waals surface area contributed by atoms with E-state index in [0.29, 0.717) is 26.3 Å². The normalized spacial score (nSPS) is 29.6. The van der Waals surface area contributed by atoms with Crippen LogP contribution < -0.4 is 0 Å². The summed E-state index contributed by atoms with van der Waals surface area (Å²) in [5.74, 6) is 0.124. The fraction of sp³-hybridized carbons (Fsp3) is 0.875. The van der Waals surface area contributed by atoms with Crippen molar-refractivity contribution in [3.05, 3.63) is 0 Å². The standard InChI is InChI=1S/C16H28N2O4/c1-11-8-17(15(20)22-16(3,4)5)9-12(2)18(11)14(19)13-6-7-21-10-13/h11-13H,6-10H2,1-5H3. The first-order valence-corrected chi connectivity index (χ1v) is 8.07. The predicted octanol–water partition coefficient (Wildman–Crippen LogP) is 1.88. The summed E-state index contributed by atoms with van der Waals surface area (Å²) in [6, 6.07) is -0.0197. The van der Waals surface area contributed by atoms with Gasteiger partial charge in [0.25, 0.3) is 0 Å². The second kappa shape index (κ2) is 6.44. The van der Waals surface area contributed by atoms with Gasteiger partial charge in [-0.3, -0.25) is 4.79 Å². The van der Waals surface area contributed by atoms with E-state index in [2.05, 4.69) is 0 Å². The highest BCUT2D eigenvalue weighted by atomic mass is 16.6. The zero-order chi connectivity index (χ0) is 16.5. The van der Waals surface area contributed by atoms with Gasteiger partial charge < -0.3 is 19.3 Å². The summed E-state index contributed by atoms with van der Waals surface area (Å²) in [6.07, 6.45) is 0.493. The van der Waals surface area contributed by atoms with Crippen molar-refractivity contribution >= 4 is 12.0 Å². The fourth-order valence-corrected chi connectivity index (χ4v) is 3.17. The Morgan fingerprint density at radius 1 is 1.14 bits per heavy atom. The average molecular weight is 312 g/mol. The van der Waals surface area contributed by atoms with Gasteiger partial charge >= 0.3 is 6.09 Å². The van der Waals surface area contributed by atoms with Crippen LogP contribution in [0.3, 0.4) is 0 Å². The summed E-state index contributed by atoms with van der Waals surface area (Å²) in [5.41, 5.74) is -0.502. The minimum Gasteiger partial charge on any atom is -0.444 e. The van der Waals surface area contributed by atoms with Gasteiger partial charge in [-0.2, -0.15) is 0 Å². The van der Waals surface area contributed by atoms with Gasteiger partial charge in [-0.15, -0.1) is 0 Å². The summed E-state index contributed by atoms with van der Waals surface area (Å²) < 4.78 is 10.8. The van der Waals surface area contributed by atoms with E-state index in [1.165, 1.54) is 0 Å². The molecule has 0 aromatic heterocycles. The maximum atomic E-state index is 12.6. The first-order valence-electron chi connectivity index (χ1n) is 8.07. The SMILES string of the molecule is CC1CN(C(=O)OC(C)(C)C)CC(C)N1C(=O)C1CCOC1. The van der Waals surface area contributed by atoms with E-state index in [4.69, 9.17) is 9.47 Å². The van der Waals surface area contributed by atoms with E-state index in [1.54, 1.807) is 4.90 Å². The average Bonchev–Trinajstić information content (AvgIpc) is 2.89. The summed E-state index contributed by atoms with van der Waals surface area (Å²) in [4.78, 5) is 28.5. The largest absolute Gasteiger partial charge is 0.444 e. The van der Waals surface area contributed by atoms with Gasteiger partial charge in [-0.1, -0.05) is 0 Å². The van der Waals surface area contributed by atoms with Crippen LogP contribution in [0.2, 0.25) is 0 Å². The quantitative estimate of drug-likeness (QED) is 0.742. The van der Waals surface area contributed by atoms with Gasteiger partial charge in [0, 0.05) is 31.8 Å². The molecule has 2 rings (SSSR count). The van der Waals surface area contributed by atoms with Crippen molar-refractivity contribution in [1.29, 1.82) is 0 Å². The van der Waals surface area contributed by atoms with Gasteiger partial charge in [0.15, 0.2) is 0 Å². The van der Waals surface area contributed by atoms with Crippen molar-refractivity contribution in [3.63, 3.8) is 0 Å². The van der Waals surface area contributed by atoms with Crippen molar-refractivity contribution in [2.75, 3.05) is 26.3 Å². The molecule has 6 nitrogen and oxygen atoms in total. The molecule has 0 aromatic rings. The van der Waals surface area contributed by atoms with Gasteiger partial charge in [-0.05, 0) is 41.0 Å². The molecule has 0 aliphatic carbocycles. The van der Waals surface area contributed by atoms with Crippen molar-refractivity contribution < 1.29 is 19.1 Å². The van der Waals surface area contributed by atoms with Crippen LogP contribution in [-0.4, -0.2) is 65.8 Å². The summed E-state index contributed by atoms with van der Waals surface area (Å²) >= 11 is 0. The molecule has 0 spiro atoms. The van der Waals surface area contributed by atoms with Crippen LogP contribution in [-0.2, 0) is 14.3 Å². The highest BCUT2D eigenvalue weighted by Gasteiger charge is 2.39. The van der Waals surface area contributed by atoms with E-state index in [-0.39, 0.29) is 30.0 Å². The summed E-state index contributed by atoms with van der Waals surface area (Å²) in [6.45, 7) is 11.8. The molecule has 2 amide bonds. The number of nitrogens with zero attached hydrogens (tertiary/aromatic N) is 2. The van der Waals surface area contributed by atoms with Crippen molar-refractivity contribution in [1.82, 2.24) is 9.80 Å². The second-order valence-electron chi connectivity index (χ2n) is 7.39. The topological polar surface area (TPSA) is 59.1 Å². The molecule has 0 bridgehead atoms. The molecule has 0 aromatic carbocycles.